The molecule has 4 nitrogen and oxygen atoms in total. The van der Waals surface area contributed by atoms with E-state index in [1.807, 2.05) is 18.2 Å². The molecule has 0 unspecified atom stereocenters. The van der Waals surface area contributed by atoms with E-state index >= 15 is 0 Å². The lowest BCUT2D eigenvalue weighted by Crippen LogP contribution is -2.36. The molecule has 0 saturated carbocycles. The summed E-state index contributed by atoms with van der Waals surface area (Å²) in [5.74, 6) is 1.09. The number of anilines is 1. The second kappa shape index (κ2) is 9.24. The van der Waals surface area contributed by atoms with Crippen LogP contribution in [-0.2, 0) is 24.1 Å². The van der Waals surface area contributed by atoms with Gasteiger partial charge in [-0.2, -0.15) is 0 Å². The van der Waals surface area contributed by atoms with Gasteiger partial charge in [-0.1, -0.05) is 30.3 Å². The molecule has 4 heteroatoms. The fourth-order valence-electron chi connectivity index (χ4n) is 3.59. The summed E-state index contributed by atoms with van der Waals surface area (Å²) < 4.78 is 6.05. The van der Waals surface area contributed by atoms with Crippen LogP contribution >= 0.6 is 0 Å². The summed E-state index contributed by atoms with van der Waals surface area (Å²) in [7, 11) is 0. The van der Waals surface area contributed by atoms with Crippen molar-refractivity contribution in [2.24, 2.45) is 0 Å². The third-order valence-corrected chi connectivity index (χ3v) is 4.98. The molecular weight excluding hydrogens is 348 g/mol. The molecule has 150 valence electrons. The Labute approximate surface area is 168 Å². The van der Waals surface area contributed by atoms with Crippen molar-refractivity contribution in [3.8, 4) is 5.75 Å². The van der Waals surface area contributed by atoms with Crippen LogP contribution < -0.4 is 15.4 Å². The van der Waals surface area contributed by atoms with E-state index in [-0.39, 0.29) is 11.4 Å². The molecule has 1 aliphatic heterocycles. The average molecular weight is 381 g/mol. The zero-order valence-electron chi connectivity index (χ0n) is 17.3. The maximum Gasteiger partial charge on any atom is 0.228 e. The highest BCUT2D eigenvalue weighted by Crippen LogP contribution is 2.28. The number of aryl methyl sites for hydroxylation is 2. The molecule has 28 heavy (non-hydrogen) atoms. The highest BCUT2D eigenvalue weighted by atomic mass is 16.5. The first kappa shape index (κ1) is 20.4. The zero-order valence-corrected chi connectivity index (χ0v) is 17.3. The van der Waals surface area contributed by atoms with E-state index in [0.717, 1.165) is 50.3 Å². The van der Waals surface area contributed by atoms with Crippen LogP contribution in [0, 0.1) is 0 Å². The number of benzene rings is 2. The average Bonchev–Trinajstić information content (AvgIpc) is 3.03. The van der Waals surface area contributed by atoms with E-state index in [1.54, 1.807) is 0 Å². The van der Waals surface area contributed by atoms with Gasteiger partial charge in [0.05, 0.1) is 13.0 Å². The van der Waals surface area contributed by atoms with Crippen molar-refractivity contribution in [1.82, 2.24) is 5.32 Å². The van der Waals surface area contributed by atoms with E-state index in [9.17, 15) is 4.79 Å². The van der Waals surface area contributed by atoms with Crippen molar-refractivity contribution < 1.29 is 9.53 Å². The summed E-state index contributed by atoms with van der Waals surface area (Å²) in [5, 5.41) is 6.42. The summed E-state index contributed by atoms with van der Waals surface area (Å²) in [5.41, 5.74) is 4.84. The normalized spacial score (nSPS) is 13.3. The van der Waals surface area contributed by atoms with Crippen molar-refractivity contribution in [2.45, 2.75) is 58.4 Å². The van der Waals surface area contributed by atoms with Crippen LogP contribution in [0.15, 0.2) is 42.5 Å². The number of rotatable bonds is 9. The third-order valence-electron chi connectivity index (χ3n) is 4.98. The second-order valence-electron chi connectivity index (χ2n) is 8.51. The first-order valence-electron chi connectivity index (χ1n) is 10.3. The molecule has 0 atom stereocenters. The Bertz CT molecular complexity index is 808. The number of para-hydroxylation sites is 1. The van der Waals surface area contributed by atoms with E-state index in [0.29, 0.717) is 6.42 Å². The molecule has 0 fully saturated rings. The number of nitrogens with one attached hydrogen (secondary N) is 2. The second-order valence-corrected chi connectivity index (χ2v) is 8.51. The summed E-state index contributed by atoms with van der Waals surface area (Å²) in [6.07, 6.45) is 4.48. The van der Waals surface area contributed by atoms with Crippen LogP contribution in [0.2, 0.25) is 0 Å². The fourth-order valence-corrected chi connectivity index (χ4v) is 3.59. The van der Waals surface area contributed by atoms with Gasteiger partial charge < -0.3 is 15.4 Å². The number of fused-ring (bicyclic) bond motifs is 1. The molecule has 0 bridgehead atoms. The Morgan fingerprint density at radius 1 is 1.00 bits per heavy atom. The Morgan fingerprint density at radius 2 is 1.75 bits per heavy atom. The molecule has 1 amide bonds. The first-order valence-corrected chi connectivity index (χ1v) is 10.3. The van der Waals surface area contributed by atoms with Crippen molar-refractivity contribution in [2.75, 3.05) is 18.5 Å². The van der Waals surface area contributed by atoms with Crippen LogP contribution in [0.3, 0.4) is 0 Å². The van der Waals surface area contributed by atoms with Crippen LogP contribution in [0.1, 0.15) is 50.3 Å². The monoisotopic (exact) mass is 380 g/mol. The topological polar surface area (TPSA) is 50.4 Å². The largest absolute Gasteiger partial charge is 0.493 e. The van der Waals surface area contributed by atoms with Crippen LogP contribution in [0.5, 0.6) is 5.75 Å². The van der Waals surface area contributed by atoms with Gasteiger partial charge in [-0.25, -0.2) is 0 Å². The minimum absolute atomic E-state index is 0.0992. The molecule has 1 heterocycles. The molecule has 1 aliphatic rings. The number of hydrogen-bond acceptors (Lipinski definition) is 3. The Morgan fingerprint density at radius 3 is 2.57 bits per heavy atom. The van der Waals surface area contributed by atoms with Gasteiger partial charge in [0, 0.05) is 11.2 Å². The van der Waals surface area contributed by atoms with E-state index < -0.39 is 0 Å². The predicted octanol–water partition coefficient (Wildman–Crippen LogP) is 4.51. The van der Waals surface area contributed by atoms with Gasteiger partial charge in [0.2, 0.25) is 5.91 Å². The van der Waals surface area contributed by atoms with Gasteiger partial charge in [0.1, 0.15) is 5.75 Å². The Kier molecular flexibility index (Phi) is 6.74. The fraction of sp³-hybridized carbons (Fsp3) is 0.458. The number of carbonyl (C=O) groups excluding carboxylic acids is 1. The van der Waals surface area contributed by atoms with Crippen molar-refractivity contribution in [1.29, 1.82) is 0 Å². The number of carbonyl (C=O) groups is 1. The molecular formula is C24H32N2O2. The smallest absolute Gasteiger partial charge is 0.228 e. The lowest BCUT2D eigenvalue weighted by atomic mass is 9.98. The maximum absolute atomic E-state index is 11.7. The van der Waals surface area contributed by atoms with Crippen LogP contribution in [0.25, 0.3) is 0 Å². The van der Waals surface area contributed by atoms with E-state index in [4.69, 9.17) is 4.74 Å². The van der Waals surface area contributed by atoms with E-state index in [2.05, 4.69) is 55.7 Å². The quantitative estimate of drug-likeness (QED) is 0.629. The van der Waals surface area contributed by atoms with Gasteiger partial charge in [0.15, 0.2) is 0 Å². The highest BCUT2D eigenvalue weighted by Gasteiger charge is 2.20. The van der Waals surface area contributed by atoms with Gasteiger partial charge in [-0.05, 0) is 81.8 Å². The highest BCUT2D eigenvalue weighted by molar-refractivity contribution is 5.99. The van der Waals surface area contributed by atoms with Crippen LogP contribution in [-0.4, -0.2) is 24.6 Å². The Hall–Kier alpha value is -2.33. The molecule has 0 spiro atoms. The zero-order chi connectivity index (χ0) is 20.0. The molecule has 0 saturated heterocycles. The third kappa shape index (κ3) is 5.83. The first-order chi connectivity index (χ1) is 13.4. The standard InChI is InChI=1S/C24H32N2O2/c1-24(2,3)25-15-8-16-28-22-14-5-4-9-19(22)12-6-10-18-11-7-13-21-20(18)17-23(27)26-21/h4-5,7,9,11,13-14,25H,6,8,10,12,15-17H2,1-3H3,(H,26,27). The van der Waals surface area contributed by atoms with Crippen molar-refractivity contribution in [3.05, 3.63) is 59.2 Å². The molecule has 0 aliphatic carbocycles. The Balaban J connectivity index is 1.49. The lowest BCUT2D eigenvalue weighted by Gasteiger charge is -2.20. The summed E-state index contributed by atoms with van der Waals surface area (Å²) >= 11 is 0. The maximum atomic E-state index is 11.7. The van der Waals surface area contributed by atoms with Gasteiger partial charge >= 0.3 is 0 Å². The van der Waals surface area contributed by atoms with E-state index in [1.165, 1.54) is 16.7 Å². The minimum Gasteiger partial charge on any atom is -0.493 e. The van der Waals surface area contributed by atoms with Gasteiger partial charge in [0.25, 0.3) is 0 Å². The molecule has 0 radical (unpaired) electrons. The number of hydrogen-bond donors (Lipinski definition) is 2. The summed E-state index contributed by atoms with van der Waals surface area (Å²) in [4.78, 5) is 11.7. The SMILES string of the molecule is CC(C)(C)NCCCOc1ccccc1CCCc1cccc2c1CC(=O)N2. The molecule has 2 aromatic carbocycles. The molecule has 3 rings (SSSR count). The van der Waals surface area contributed by atoms with Gasteiger partial charge in [-0.3, -0.25) is 4.79 Å². The predicted molar refractivity (Wildman–Crippen MR) is 115 cm³/mol. The summed E-state index contributed by atoms with van der Waals surface area (Å²) in [6, 6.07) is 14.5. The number of ether oxygens (including phenoxy) is 1. The van der Waals surface area contributed by atoms with Crippen molar-refractivity contribution in [3.63, 3.8) is 0 Å². The number of amides is 1. The molecule has 2 N–H and O–H groups in total. The van der Waals surface area contributed by atoms with Crippen LogP contribution in [0.4, 0.5) is 5.69 Å². The minimum atomic E-state index is 0.0992. The lowest BCUT2D eigenvalue weighted by molar-refractivity contribution is -0.115. The summed E-state index contributed by atoms with van der Waals surface area (Å²) in [6.45, 7) is 8.21. The molecule has 2 aromatic rings. The van der Waals surface area contributed by atoms with Gasteiger partial charge in [-0.15, -0.1) is 0 Å². The van der Waals surface area contributed by atoms with Crippen molar-refractivity contribution >= 4 is 11.6 Å². The molecule has 0 aromatic heterocycles.